The van der Waals surface area contributed by atoms with Gasteiger partial charge in [0.05, 0.1) is 33.2 Å². The number of carbonyl (C=O) groups is 1. The van der Waals surface area contributed by atoms with E-state index in [9.17, 15) is 18.0 Å². The van der Waals surface area contributed by atoms with Gasteiger partial charge in [0, 0.05) is 13.0 Å². The Bertz CT molecular complexity index is 346. The monoisotopic (exact) mass is 296 g/mol. The minimum atomic E-state index is -4.27. The summed E-state index contributed by atoms with van der Waals surface area (Å²) in [5, 5.41) is 0. The van der Waals surface area contributed by atoms with Gasteiger partial charge in [0.25, 0.3) is 0 Å². The van der Waals surface area contributed by atoms with Crippen LogP contribution < -0.4 is 0 Å². The molecule has 7 heteroatoms. The number of hydrogen-bond donors (Lipinski definition) is 0. The van der Waals surface area contributed by atoms with Crippen molar-refractivity contribution in [3.05, 3.63) is 0 Å². The highest BCUT2D eigenvalue weighted by atomic mass is 19.4. The molecule has 1 fully saturated rings. The van der Waals surface area contributed by atoms with E-state index in [-0.39, 0.29) is 23.4 Å². The van der Waals surface area contributed by atoms with Crippen molar-refractivity contribution in [2.75, 3.05) is 53.9 Å². The molecule has 0 saturated carbocycles. The van der Waals surface area contributed by atoms with Crippen LogP contribution in [0.5, 0.6) is 0 Å². The van der Waals surface area contributed by atoms with Gasteiger partial charge in [-0.25, -0.2) is 0 Å². The van der Waals surface area contributed by atoms with Crippen molar-refractivity contribution < 1.29 is 22.4 Å². The molecular weight excluding hydrogens is 271 g/mol. The molecule has 0 radical (unpaired) electrons. The maximum atomic E-state index is 13.2. The fraction of sp³-hybridized carbons (Fsp3) is 0.923. The molecule has 1 aliphatic rings. The summed E-state index contributed by atoms with van der Waals surface area (Å²) in [6.45, 7) is 3.29. The van der Waals surface area contributed by atoms with Gasteiger partial charge in [-0.3, -0.25) is 4.79 Å². The van der Waals surface area contributed by atoms with Gasteiger partial charge in [-0.1, -0.05) is 0 Å². The molecule has 0 spiro atoms. The molecule has 0 aromatic rings. The molecule has 0 aromatic carbocycles. The second kappa shape index (κ2) is 6.30. The lowest BCUT2D eigenvalue weighted by atomic mass is 10.1. The highest BCUT2D eigenvalue weighted by Crippen LogP contribution is 2.32. The molecule has 4 nitrogen and oxygen atoms in total. The number of amides is 1. The summed E-state index contributed by atoms with van der Waals surface area (Å²) in [5.41, 5.74) is 0. The molecule has 1 aliphatic heterocycles. The Balaban J connectivity index is 2.74. The van der Waals surface area contributed by atoms with Crippen molar-refractivity contribution in [1.29, 1.82) is 0 Å². The van der Waals surface area contributed by atoms with Crippen LogP contribution in [0.3, 0.4) is 0 Å². The van der Waals surface area contributed by atoms with Gasteiger partial charge in [0.1, 0.15) is 0 Å². The van der Waals surface area contributed by atoms with E-state index < -0.39 is 12.2 Å². The Morgan fingerprint density at radius 2 is 2.00 bits per heavy atom. The largest absolute Gasteiger partial charge is 0.443 e. The van der Waals surface area contributed by atoms with Gasteiger partial charge >= 0.3 is 6.18 Å². The molecule has 1 rings (SSSR count). The van der Waals surface area contributed by atoms with Crippen LogP contribution in [0.2, 0.25) is 0 Å². The number of nitrogens with zero attached hydrogens (tertiary/aromatic N) is 3. The molecule has 1 heterocycles. The third-order valence-electron chi connectivity index (χ3n) is 4.25. The first-order valence-electron chi connectivity index (χ1n) is 6.93. The van der Waals surface area contributed by atoms with Crippen molar-refractivity contribution in [2.45, 2.75) is 25.6 Å². The van der Waals surface area contributed by atoms with Gasteiger partial charge in [-0.05, 0) is 21.0 Å². The second-order valence-corrected chi connectivity index (χ2v) is 5.97. The lowest BCUT2D eigenvalue weighted by Gasteiger charge is -2.48. The van der Waals surface area contributed by atoms with Crippen LogP contribution in [0, 0.1) is 0 Å². The van der Waals surface area contributed by atoms with Gasteiger partial charge in [0.15, 0.2) is 0 Å². The van der Waals surface area contributed by atoms with Crippen molar-refractivity contribution in [3.8, 4) is 0 Å². The highest BCUT2D eigenvalue weighted by molar-refractivity contribution is 5.76. The Morgan fingerprint density at radius 3 is 2.45 bits per heavy atom. The average molecular weight is 296 g/mol. The number of rotatable bonds is 4. The molecule has 1 amide bonds. The average Bonchev–Trinajstić information content (AvgIpc) is 2.35. The molecule has 2 atom stereocenters. The lowest BCUT2D eigenvalue weighted by Crippen LogP contribution is -2.68. The van der Waals surface area contributed by atoms with Gasteiger partial charge in [-0.2, -0.15) is 13.2 Å². The topological polar surface area (TPSA) is 23.6 Å². The van der Waals surface area contributed by atoms with Crippen LogP contribution >= 0.6 is 0 Å². The standard InChI is InChI=1S/C13H25F3N3O/c1-5-19(4)9-8-18(10-11(19)13(14,15)16)12(20)6-7-17(2)3/h11H,5-10H2,1-4H3/q+1. The number of alkyl halides is 3. The summed E-state index contributed by atoms with van der Waals surface area (Å²) in [6.07, 6.45) is -4.00. The van der Waals surface area contributed by atoms with Gasteiger partial charge < -0.3 is 14.3 Å². The Labute approximate surface area is 118 Å². The summed E-state index contributed by atoms with van der Waals surface area (Å²) < 4.78 is 39.6. The fourth-order valence-electron chi connectivity index (χ4n) is 2.54. The predicted molar refractivity (Wildman–Crippen MR) is 71.2 cm³/mol. The third kappa shape index (κ3) is 4.09. The van der Waals surface area contributed by atoms with E-state index in [0.717, 1.165) is 0 Å². The van der Waals surface area contributed by atoms with Crippen molar-refractivity contribution in [1.82, 2.24) is 9.80 Å². The molecule has 1 saturated heterocycles. The van der Waals surface area contributed by atoms with Crippen molar-refractivity contribution in [3.63, 3.8) is 0 Å². The zero-order valence-corrected chi connectivity index (χ0v) is 12.7. The smallest absolute Gasteiger partial charge is 0.331 e. The van der Waals surface area contributed by atoms with E-state index in [4.69, 9.17) is 0 Å². The maximum Gasteiger partial charge on any atom is 0.443 e. The summed E-state index contributed by atoms with van der Waals surface area (Å²) in [7, 11) is 5.31. The molecule has 0 aliphatic carbocycles. The summed E-state index contributed by atoms with van der Waals surface area (Å²) in [5.74, 6) is -0.185. The molecule has 0 aromatic heterocycles. The lowest BCUT2D eigenvalue weighted by molar-refractivity contribution is -0.946. The minimum absolute atomic E-state index is 0.0407. The molecule has 20 heavy (non-hydrogen) atoms. The van der Waals surface area contributed by atoms with Crippen molar-refractivity contribution in [2.24, 2.45) is 0 Å². The molecule has 0 N–H and O–H groups in total. The van der Waals surface area contributed by atoms with E-state index in [1.165, 1.54) is 4.90 Å². The number of piperazine rings is 1. The maximum absolute atomic E-state index is 13.2. The van der Waals surface area contributed by atoms with E-state index in [1.54, 1.807) is 14.0 Å². The number of quaternary nitrogens is 1. The quantitative estimate of drug-likeness (QED) is 0.727. The van der Waals surface area contributed by atoms with E-state index >= 15 is 0 Å². The summed E-state index contributed by atoms with van der Waals surface area (Å²) >= 11 is 0. The molecule has 0 bridgehead atoms. The van der Waals surface area contributed by atoms with E-state index in [1.807, 2.05) is 19.0 Å². The van der Waals surface area contributed by atoms with Crippen LogP contribution in [-0.4, -0.2) is 86.3 Å². The second-order valence-electron chi connectivity index (χ2n) is 5.97. The number of likely N-dealkylation sites (N-methyl/N-ethyl adjacent to an activating group) is 1. The van der Waals surface area contributed by atoms with Gasteiger partial charge in [0.2, 0.25) is 11.9 Å². The zero-order chi connectivity index (χ0) is 15.6. The first-order chi connectivity index (χ1) is 9.10. The molecule has 118 valence electrons. The van der Waals surface area contributed by atoms with E-state index in [2.05, 4.69) is 0 Å². The minimum Gasteiger partial charge on any atom is -0.331 e. The van der Waals surface area contributed by atoms with E-state index in [0.29, 0.717) is 26.2 Å². The Morgan fingerprint density at radius 1 is 1.40 bits per heavy atom. The fourth-order valence-corrected chi connectivity index (χ4v) is 2.54. The van der Waals surface area contributed by atoms with Crippen LogP contribution in [0.15, 0.2) is 0 Å². The zero-order valence-electron chi connectivity index (χ0n) is 12.7. The SMILES string of the molecule is CC[N+]1(C)CCN(C(=O)CCN(C)C)CC1C(F)(F)F. The predicted octanol–water partition coefficient (Wildman–Crippen LogP) is 1.18. The number of carbonyl (C=O) groups excluding carboxylic acids is 1. The Hall–Kier alpha value is -0.820. The molecular formula is C13H25F3N3O+. The summed E-state index contributed by atoms with van der Waals surface area (Å²) in [4.78, 5) is 15.2. The van der Waals surface area contributed by atoms with Crippen LogP contribution in [0.1, 0.15) is 13.3 Å². The van der Waals surface area contributed by atoms with Crippen molar-refractivity contribution >= 4 is 5.91 Å². The first-order valence-corrected chi connectivity index (χ1v) is 6.93. The first kappa shape index (κ1) is 17.2. The number of hydrogen-bond acceptors (Lipinski definition) is 2. The normalized spacial score (nSPS) is 28.0. The highest BCUT2D eigenvalue weighted by Gasteiger charge is 2.54. The van der Waals surface area contributed by atoms with Crippen LogP contribution in [0.4, 0.5) is 13.2 Å². The molecule has 2 unspecified atom stereocenters. The Kier molecular flexibility index (Phi) is 5.43. The summed E-state index contributed by atoms with van der Waals surface area (Å²) in [6, 6.07) is -1.48. The third-order valence-corrected chi connectivity index (χ3v) is 4.25. The van der Waals surface area contributed by atoms with Gasteiger partial charge in [-0.15, -0.1) is 0 Å². The van der Waals surface area contributed by atoms with Crippen LogP contribution in [-0.2, 0) is 4.79 Å². The number of halogens is 3. The van der Waals surface area contributed by atoms with Crippen LogP contribution in [0.25, 0.3) is 0 Å².